The topological polar surface area (TPSA) is 139 Å². The van der Waals surface area contributed by atoms with Gasteiger partial charge in [-0.15, -0.1) is 5.10 Å². The number of carboxylic acid groups (broad SMARTS) is 1. The Kier molecular flexibility index (Phi) is 7.79. The van der Waals surface area contributed by atoms with E-state index < -0.39 is 23.8 Å². The molecule has 3 aromatic carbocycles. The Morgan fingerprint density at radius 1 is 1.03 bits per heavy atom. The number of aryl methyl sites for hydroxylation is 1. The van der Waals surface area contributed by atoms with Gasteiger partial charge in [-0.1, -0.05) is 42.0 Å². The average molecular weight is 497 g/mol. The summed E-state index contributed by atoms with van der Waals surface area (Å²) in [5, 5.41) is 25.8. The van der Waals surface area contributed by atoms with Crippen LogP contribution in [0.4, 0.5) is 5.69 Å². The molecule has 1 aromatic heterocycles. The number of rotatable bonds is 9. The van der Waals surface area contributed by atoms with Crippen molar-refractivity contribution in [2.75, 3.05) is 5.32 Å². The number of nitrogens with one attached hydrogen (secondary N) is 2. The zero-order chi connectivity index (χ0) is 26.2. The summed E-state index contributed by atoms with van der Waals surface area (Å²) in [5.41, 5.74) is 3.81. The lowest BCUT2D eigenvalue weighted by molar-refractivity contribution is -0.123. The van der Waals surface area contributed by atoms with E-state index in [1.165, 1.54) is 41.4 Å². The number of carboxylic acids is 1. The zero-order valence-corrected chi connectivity index (χ0v) is 19.9. The highest BCUT2D eigenvalue weighted by molar-refractivity contribution is 6.00. The van der Waals surface area contributed by atoms with E-state index in [0.717, 1.165) is 16.7 Å². The number of carbonyl (C=O) groups is 3. The van der Waals surface area contributed by atoms with Gasteiger partial charge in [0.25, 0.3) is 0 Å². The quantitative estimate of drug-likeness (QED) is 0.303. The fourth-order valence-electron chi connectivity index (χ4n) is 3.66. The lowest BCUT2D eigenvalue weighted by atomic mass is 10.0. The molecule has 0 aliphatic heterocycles. The van der Waals surface area contributed by atoms with Crippen LogP contribution in [0.3, 0.4) is 0 Å². The number of nitrogens with zero attached hydrogens (tertiary/aromatic N) is 4. The van der Waals surface area contributed by atoms with Gasteiger partial charge in [-0.2, -0.15) is 4.68 Å². The number of tetrazole rings is 1. The van der Waals surface area contributed by atoms with Crippen LogP contribution in [0.25, 0.3) is 11.8 Å². The standard InChI is InChI=1S/C27H24N6O4/c1-18-7-13-24(33-17-28-31-32-33)21(15-18)10-14-25(34)30-23(16-19-5-3-2-4-6-19)26(35)29-22-11-8-20(9-12-22)27(36)37/h2-15,17,23H,16H2,1H3,(H,29,35)(H,30,34)(H,36,37). The van der Waals surface area contributed by atoms with Gasteiger partial charge < -0.3 is 15.7 Å². The van der Waals surface area contributed by atoms with Crippen molar-refractivity contribution in [1.82, 2.24) is 25.5 Å². The van der Waals surface area contributed by atoms with Crippen molar-refractivity contribution in [2.45, 2.75) is 19.4 Å². The monoisotopic (exact) mass is 496 g/mol. The molecule has 0 bridgehead atoms. The molecule has 0 aliphatic rings. The third-order valence-electron chi connectivity index (χ3n) is 5.51. The van der Waals surface area contributed by atoms with Gasteiger partial charge in [-0.05, 0) is 65.4 Å². The molecule has 1 unspecified atom stereocenters. The van der Waals surface area contributed by atoms with E-state index in [0.29, 0.717) is 11.4 Å². The summed E-state index contributed by atoms with van der Waals surface area (Å²) in [6.07, 6.45) is 4.72. The number of aromatic carboxylic acids is 1. The number of anilines is 1. The van der Waals surface area contributed by atoms with Crippen molar-refractivity contribution in [3.8, 4) is 5.69 Å². The first-order chi connectivity index (χ1) is 17.9. The number of hydrogen-bond acceptors (Lipinski definition) is 6. The van der Waals surface area contributed by atoms with Crippen molar-refractivity contribution in [3.05, 3.63) is 107 Å². The summed E-state index contributed by atoms with van der Waals surface area (Å²) >= 11 is 0. The Hall–Kier alpha value is -5.12. The van der Waals surface area contributed by atoms with Gasteiger partial charge in [0.2, 0.25) is 11.8 Å². The highest BCUT2D eigenvalue weighted by atomic mass is 16.4. The third-order valence-corrected chi connectivity index (χ3v) is 5.51. The molecule has 4 rings (SSSR count). The van der Waals surface area contributed by atoms with E-state index in [1.54, 1.807) is 6.08 Å². The van der Waals surface area contributed by atoms with Crippen LogP contribution in [0.1, 0.15) is 27.0 Å². The number of amides is 2. The summed E-state index contributed by atoms with van der Waals surface area (Å²) in [6, 6.07) is 19.9. The first kappa shape index (κ1) is 25.0. The van der Waals surface area contributed by atoms with Gasteiger partial charge in [0.1, 0.15) is 12.4 Å². The van der Waals surface area contributed by atoms with E-state index in [1.807, 2.05) is 55.5 Å². The van der Waals surface area contributed by atoms with Gasteiger partial charge >= 0.3 is 5.97 Å². The maximum Gasteiger partial charge on any atom is 0.335 e. The van der Waals surface area contributed by atoms with Crippen LogP contribution in [-0.2, 0) is 16.0 Å². The van der Waals surface area contributed by atoms with Crippen LogP contribution in [0.15, 0.2) is 85.2 Å². The largest absolute Gasteiger partial charge is 0.478 e. The molecule has 0 fully saturated rings. The number of hydrogen-bond donors (Lipinski definition) is 3. The van der Waals surface area contributed by atoms with Crippen molar-refractivity contribution < 1.29 is 19.5 Å². The minimum atomic E-state index is -1.06. The molecule has 0 saturated carbocycles. The Balaban J connectivity index is 1.51. The maximum atomic E-state index is 13.1. The van der Waals surface area contributed by atoms with Gasteiger partial charge in [0.05, 0.1) is 11.3 Å². The second-order valence-corrected chi connectivity index (χ2v) is 8.27. The second-order valence-electron chi connectivity index (χ2n) is 8.27. The second kappa shape index (κ2) is 11.5. The molecular formula is C27H24N6O4. The van der Waals surface area contributed by atoms with E-state index in [9.17, 15) is 14.4 Å². The normalized spacial score (nSPS) is 11.7. The maximum absolute atomic E-state index is 13.1. The molecule has 2 amide bonds. The average Bonchev–Trinajstić information content (AvgIpc) is 3.43. The van der Waals surface area contributed by atoms with Gasteiger partial charge in [-0.25, -0.2) is 4.79 Å². The summed E-state index contributed by atoms with van der Waals surface area (Å²) in [5.74, 6) is -1.95. The first-order valence-electron chi connectivity index (χ1n) is 11.4. The highest BCUT2D eigenvalue weighted by Gasteiger charge is 2.21. The summed E-state index contributed by atoms with van der Waals surface area (Å²) in [6.45, 7) is 1.93. The van der Waals surface area contributed by atoms with E-state index >= 15 is 0 Å². The molecule has 0 aliphatic carbocycles. The number of benzene rings is 3. The fraction of sp³-hybridized carbons (Fsp3) is 0.111. The predicted molar refractivity (Wildman–Crippen MR) is 137 cm³/mol. The van der Waals surface area contributed by atoms with Crippen LogP contribution >= 0.6 is 0 Å². The van der Waals surface area contributed by atoms with E-state index in [4.69, 9.17) is 5.11 Å². The minimum absolute atomic E-state index is 0.106. The molecular weight excluding hydrogens is 472 g/mol. The van der Waals surface area contributed by atoms with Crippen LogP contribution in [0.2, 0.25) is 0 Å². The zero-order valence-electron chi connectivity index (χ0n) is 19.9. The molecule has 0 spiro atoms. The van der Waals surface area contributed by atoms with Crippen LogP contribution in [-0.4, -0.2) is 49.1 Å². The molecule has 4 aromatic rings. The highest BCUT2D eigenvalue weighted by Crippen LogP contribution is 2.17. The van der Waals surface area contributed by atoms with E-state index in [-0.39, 0.29) is 12.0 Å². The number of aromatic nitrogens is 4. The van der Waals surface area contributed by atoms with Crippen molar-refractivity contribution in [1.29, 1.82) is 0 Å². The molecule has 37 heavy (non-hydrogen) atoms. The molecule has 10 heteroatoms. The lowest BCUT2D eigenvalue weighted by Gasteiger charge is -2.18. The van der Waals surface area contributed by atoms with Gasteiger partial charge in [-0.3, -0.25) is 9.59 Å². The van der Waals surface area contributed by atoms with Crippen molar-refractivity contribution in [3.63, 3.8) is 0 Å². The third kappa shape index (κ3) is 6.73. The molecule has 0 saturated heterocycles. The van der Waals surface area contributed by atoms with Gasteiger partial charge in [0, 0.05) is 23.7 Å². The van der Waals surface area contributed by atoms with Crippen LogP contribution in [0, 0.1) is 6.92 Å². The Labute approximate surface area is 212 Å². The van der Waals surface area contributed by atoms with Crippen LogP contribution in [0.5, 0.6) is 0 Å². The predicted octanol–water partition coefficient (Wildman–Crippen LogP) is 3.05. The number of carbonyl (C=O) groups excluding carboxylic acids is 2. The Morgan fingerprint density at radius 2 is 1.78 bits per heavy atom. The molecule has 0 radical (unpaired) electrons. The molecule has 3 N–H and O–H groups in total. The van der Waals surface area contributed by atoms with Crippen molar-refractivity contribution >= 4 is 29.5 Å². The smallest absolute Gasteiger partial charge is 0.335 e. The van der Waals surface area contributed by atoms with E-state index in [2.05, 4.69) is 26.2 Å². The molecule has 10 nitrogen and oxygen atoms in total. The Bertz CT molecular complexity index is 1420. The molecule has 1 heterocycles. The summed E-state index contributed by atoms with van der Waals surface area (Å²) in [7, 11) is 0. The fourth-order valence-corrected chi connectivity index (χ4v) is 3.66. The lowest BCUT2D eigenvalue weighted by Crippen LogP contribution is -2.44. The van der Waals surface area contributed by atoms with Crippen molar-refractivity contribution in [2.24, 2.45) is 0 Å². The summed E-state index contributed by atoms with van der Waals surface area (Å²) < 4.78 is 1.50. The van der Waals surface area contributed by atoms with Crippen LogP contribution < -0.4 is 10.6 Å². The summed E-state index contributed by atoms with van der Waals surface area (Å²) in [4.78, 5) is 37.1. The first-order valence-corrected chi connectivity index (χ1v) is 11.4. The van der Waals surface area contributed by atoms with Gasteiger partial charge in [0.15, 0.2) is 0 Å². The minimum Gasteiger partial charge on any atom is -0.478 e. The molecule has 186 valence electrons. The SMILES string of the molecule is Cc1ccc(-n2cnnn2)c(C=CC(=O)NC(Cc2ccccc2)C(=O)Nc2ccc(C(=O)O)cc2)c1. The Morgan fingerprint density at radius 3 is 2.46 bits per heavy atom. The molecule has 1 atom stereocenters.